The number of rotatable bonds is 2. The molecule has 1 aliphatic heterocycles. The number of nitrogens with zero attached hydrogens (tertiary/aromatic N) is 1. The minimum absolute atomic E-state index is 0.183. The van der Waals surface area contributed by atoms with Gasteiger partial charge in [0.2, 0.25) is 0 Å². The van der Waals surface area contributed by atoms with E-state index >= 15 is 0 Å². The molecule has 0 bridgehead atoms. The van der Waals surface area contributed by atoms with E-state index < -0.39 is 0 Å². The second-order valence-electron chi connectivity index (χ2n) is 6.53. The molecular formula is C17H22N3O+. The van der Waals surface area contributed by atoms with Crippen molar-refractivity contribution in [2.75, 3.05) is 13.1 Å². The van der Waals surface area contributed by atoms with Gasteiger partial charge in [-0.15, -0.1) is 0 Å². The molecule has 4 heteroatoms. The number of hydrogen-bond acceptors (Lipinski definition) is 1. The lowest BCUT2D eigenvalue weighted by Gasteiger charge is -2.36. The topological polar surface area (TPSA) is 52.5 Å². The molecule has 4 nitrogen and oxygen atoms in total. The van der Waals surface area contributed by atoms with E-state index in [-0.39, 0.29) is 5.91 Å². The van der Waals surface area contributed by atoms with Crippen LogP contribution in [-0.2, 0) is 17.8 Å². The smallest absolute Gasteiger partial charge is 0.272 e. The zero-order valence-electron chi connectivity index (χ0n) is 12.5. The predicted molar refractivity (Wildman–Crippen MR) is 82.2 cm³/mol. The summed E-state index contributed by atoms with van der Waals surface area (Å²) in [5.74, 6) is -0.183. The molecule has 21 heavy (non-hydrogen) atoms. The van der Waals surface area contributed by atoms with Crippen molar-refractivity contribution in [2.24, 2.45) is 5.73 Å². The molecule has 110 valence electrons. The Hall–Kier alpha value is -1.81. The van der Waals surface area contributed by atoms with Gasteiger partial charge in [-0.2, -0.15) is 0 Å². The normalized spacial score (nSPS) is 24.0. The minimum atomic E-state index is -0.183. The monoisotopic (exact) mass is 284 g/mol. The maximum Gasteiger partial charge on any atom is 0.272 e. The molecular weight excluding hydrogens is 262 g/mol. The summed E-state index contributed by atoms with van der Waals surface area (Å²) in [6.45, 7) is 4.62. The summed E-state index contributed by atoms with van der Waals surface area (Å²) in [6, 6.07) is 7.24. The Kier molecular flexibility index (Phi) is 2.82. The van der Waals surface area contributed by atoms with E-state index in [1.54, 1.807) is 0 Å². The molecule has 0 saturated heterocycles. The van der Waals surface area contributed by atoms with Crippen LogP contribution in [0.2, 0.25) is 0 Å². The summed E-state index contributed by atoms with van der Waals surface area (Å²) in [4.78, 5) is 12.7. The Morgan fingerprint density at radius 2 is 2.33 bits per heavy atom. The maximum atomic E-state index is 11.4. The van der Waals surface area contributed by atoms with Gasteiger partial charge in [0, 0.05) is 17.3 Å². The lowest BCUT2D eigenvalue weighted by atomic mass is 9.89. The van der Waals surface area contributed by atoms with Crippen molar-refractivity contribution in [1.82, 2.24) is 4.57 Å². The van der Waals surface area contributed by atoms with E-state index in [2.05, 4.69) is 29.7 Å². The highest BCUT2D eigenvalue weighted by Crippen LogP contribution is 2.37. The number of nitrogens with one attached hydrogen (secondary N) is 1. The van der Waals surface area contributed by atoms with E-state index in [0.29, 0.717) is 12.6 Å². The van der Waals surface area contributed by atoms with Crippen LogP contribution in [0.15, 0.2) is 18.2 Å². The third kappa shape index (κ3) is 1.89. The van der Waals surface area contributed by atoms with Crippen LogP contribution in [0.25, 0.3) is 10.9 Å². The van der Waals surface area contributed by atoms with Gasteiger partial charge in [-0.25, -0.2) is 0 Å². The van der Waals surface area contributed by atoms with Crippen LogP contribution in [0.4, 0.5) is 0 Å². The van der Waals surface area contributed by atoms with Crippen molar-refractivity contribution in [2.45, 2.75) is 38.8 Å². The van der Waals surface area contributed by atoms with Crippen LogP contribution >= 0.6 is 0 Å². The fourth-order valence-electron chi connectivity index (χ4n) is 4.34. The summed E-state index contributed by atoms with van der Waals surface area (Å²) >= 11 is 0. The molecule has 2 heterocycles. The number of amides is 1. The van der Waals surface area contributed by atoms with Crippen LogP contribution in [0, 0.1) is 6.92 Å². The number of benzene rings is 1. The fraction of sp³-hybridized carbons (Fsp3) is 0.471. The SMILES string of the molecule is Cc1ccc2c(c1)c1c3n2CC[NH+](CC(N)=O)[C@@H]3CCC1. The van der Waals surface area contributed by atoms with Gasteiger partial charge >= 0.3 is 0 Å². The fourth-order valence-corrected chi connectivity index (χ4v) is 4.34. The molecule has 1 aromatic carbocycles. The molecule has 2 aliphatic rings. The molecule has 0 spiro atoms. The van der Waals surface area contributed by atoms with Gasteiger partial charge in [-0.3, -0.25) is 4.79 Å². The first-order chi connectivity index (χ1) is 10.1. The number of quaternary nitrogens is 1. The Morgan fingerprint density at radius 1 is 1.48 bits per heavy atom. The highest BCUT2D eigenvalue weighted by molar-refractivity contribution is 5.87. The predicted octanol–water partition coefficient (Wildman–Crippen LogP) is 0.711. The van der Waals surface area contributed by atoms with Gasteiger partial charge in [-0.05, 0) is 37.5 Å². The number of aromatic nitrogens is 1. The van der Waals surface area contributed by atoms with Crippen molar-refractivity contribution in [3.05, 3.63) is 35.0 Å². The highest BCUT2D eigenvalue weighted by atomic mass is 16.1. The van der Waals surface area contributed by atoms with Crippen molar-refractivity contribution < 1.29 is 9.69 Å². The molecule has 4 rings (SSSR count). The average Bonchev–Trinajstić information content (AvgIpc) is 2.77. The standard InChI is InChI=1S/C17H21N3O/c1-11-5-6-14-13(9-11)12-3-2-4-15-17(12)20(14)8-7-19(15)10-16(18)21/h5-6,9,15H,2-4,7-8,10H2,1H3,(H2,18,21)/p+1/t15-/m1/s1. The number of fused-ring (bicyclic) bond motifs is 3. The zero-order valence-corrected chi connectivity index (χ0v) is 12.5. The molecule has 2 atom stereocenters. The molecule has 1 aliphatic carbocycles. The minimum Gasteiger partial charge on any atom is -0.365 e. The third-order valence-corrected chi connectivity index (χ3v) is 5.17. The second kappa shape index (κ2) is 4.60. The molecule has 3 N–H and O–H groups in total. The molecule has 1 unspecified atom stereocenters. The van der Waals surface area contributed by atoms with E-state index in [4.69, 9.17) is 5.73 Å². The lowest BCUT2D eigenvalue weighted by Crippen LogP contribution is -3.14. The van der Waals surface area contributed by atoms with E-state index in [1.165, 1.54) is 51.9 Å². The molecule has 0 fully saturated rings. The molecule has 1 amide bonds. The highest BCUT2D eigenvalue weighted by Gasteiger charge is 2.38. The van der Waals surface area contributed by atoms with Gasteiger partial charge in [0.1, 0.15) is 6.04 Å². The summed E-state index contributed by atoms with van der Waals surface area (Å²) < 4.78 is 2.50. The van der Waals surface area contributed by atoms with Gasteiger partial charge in [0.25, 0.3) is 5.91 Å². The number of nitrogens with two attached hydrogens (primary N) is 1. The lowest BCUT2D eigenvalue weighted by molar-refractivity contribution is -0.929. The molecule has 0 radical (unpaired) electrons. The van der Waals surface area contributed by atoms with Crippen LogP contribution in [0.5, 0.6) is 0 Å². The number of hydrogen-bond donors (Lipinski definition) is 2. The maximum absolute atomic E-state index is 11.4. The molecule has 2 aromatic rings. The quantitative estimate of drug-likeness (QED) is 0.838. The summed E-state index contributed by atoms with van der Waals surface area (Å²) in [5.41, 5.74) is 11.1. The van der Waals surface area contributed by atoms with Crippen molar-refractivity contribution in [3.8, 4) is 0 Å². The number of carbonyl (C=O) groups is 1. The Labute approximate surface area is 124 Å². The summed E-state index contributed by atoms with van der Waals surface area (Å²) in [7, 11) is 0. The van der Waals surface area contributed by atoms with Gasteiger partial charge < -0.3 is 15.2 Å². The van der Waals surface area contributed by atoms with Crippen molar-refractivity contribution in [1.29, 1.82) is 0 Å². The van der Waals surface area contributed by atoms with E-state index in [9.17, 15) is 4.79 Å². The molecule has 0 saturated carbocycles. The van der Waals surface area contributed by atoms with Crippen LogP contribution < -0.4 is 10.6 Å². The first-order valence-electron chi connectivity index (χ1n) is 7.89. The molecule has 1 aromatic heterocycles. The van der Waals surface area contributed by atoms with E-state index in [1.807, 2.05) is 0 Å². The zero-order chi connectivity index (χ0) is 14.6. The van der Waals surface area contributed by atoms with Crippen molar-refractivity contribution in [3.63, 3.8) is 0 Å². The summed E-state index contributed by atoms with van der Waals surface area (Å²) in [6.07, 6.45) is 3.56. The van der Waals surface area contributed by atoms with Gasteiger partial charge in [-0.1, -0.05) is 11.6 Å². The number of primary amides is 1. The van der Waals surface area contributed by atoms with Gasteiger partial charge in [0.05, 0.1) is 18.8 Å². The third-order valence-electron chi connectivity index (χ3n) is 5.17. The van der Waals surface area contributed by atoms with Crippen LogP contribution in [-0.4, -0.2) is 23.6 Å². The largest absolute Gasteiger partial charge is 0.365 e. The number of carbonyl (C=O) groups excluding carboxylic acids is 1. The van der Waals surface area contributed by atoms with Gasteiger partial charge in [0.15, 0.2) is 6.54 Å². The Bertz CT molecular complexity index is 731. The van der Waals surface area contributed by atoms with Crippen molar-refractivity contribution >= 4 is 16.8 Å². The van der Waals surface area contributed by atoms with E-state index in [0.717, 1.165) is 13.1 Å². The Balaban J connectivity index is 1.90. The Morgan fingerprint density at radius 3 is 3.14 bits per heavy atom. The van der Waals surface area contributed by atoms with Crippen LogP contribution in [0.3, 0.4) is 0 Å². The second-order valence-corrected chi connectivity index (χ2v) is 6.53. The first kappa shape index (κ1) is 12.9. The van der Waals surface area contributed by atoms with Crippen LogP contribution in [0.1, 0.15) is 35.7 Å². The first-order valence-corrected chi connectivity index (χ1v) is 7.89. The summed E-state index contributed by atoms with van der Waals surface area (Å²) in [5, 5.41) is 1.43. The average molecular weight is 284 g/mol. The number of aryl methyl sites for hydroxylation is 2.